The smallest absolute Gasteiger partial charge is 0.273 e. The lowest BCUT2D eigenvalue weighted by Gasteiger charge is -2.37. The number of benzene rings is 1. The second-order valence-electron chi connectivity index (χ2n) is 9.33. The highest BCUT2D eigenvalue weighted by atomic mass is 16.5. The van der Waals surface area contributed by atoms with Gasteiger partial charge in [0.15, 0.2) is 0 Å². The molecular weight excluding hydrogens is 390 g/mol. The molecule has 1 unspecified atom stereocenters. The number of nitrogens with zero attached hydrogens (tertiary/aromatic N) is 5. The number of aromatic nitrogens is 4. The molecule has 0 saturated carbocycles. The molecule has 162 valence electrons. The summed E-state index contributed by atoms with van der Waals surface area (Å²) in [6.45, 7) is 8.08. The summed E-state index contributed by atoms with van der Waals surface area (Å²) in [5, 5.41) is 10.7. The fourth-order valence-corrected chi connectivity index (χ4v) is 5.27. The first-order valence-electron chi connectivity index (χ1n) is 11.2. The van der Waals surface area contributed by atoms with Crippen molar-refractivity contribution in [3.8, 4) is 0 Å². The predicted octanol–water partition coefficient (Wildman–Crippen LogP) is 3.52. The Morgan fingerprint density at radius 3 is 2.84 bits per heavy atom. The van der Waals surface area contributed by atoms with E-state index in [1.54, 1.807) is 6.20 Å². The van der Waals surface area contributed by atoms with Gasteiger partial charge < -0.3 is 14.2 Å². The number of rotatable bonds is 4. The van der Waals surface area contributed by atoms with Gasteiger partial charge in [0.05, 0.1) is 0 Å². The highest BCUT2D eigenvalue weighted by molar-refractivity contribution is 6.05. The summed E-state index contributed by atoms with van der Waals surface area (Å²) in [6.07, 6.45) is 5.42. The lowest BCUT2D eigenvalue weighted by molar-refractivity contribution is 0.0106. The molecule has 5 rings (SSSR count). The van der Waals surface area contributed by atoms with E-state index >= 15 is 0 Å². The van der Waals surface area contributed by atoms with E-state index in [1.807, 2.05) is 41.6 Å². The van der Waals surface area contributed by atoms with Crippen LogP contribution in [0.2, 0.25) is 0 Å². The highest BCUT2D eigenvalue weighted by Gasteiger charge is 2.51. The van der Waals surface area contributed by atoms with Crippen molar-refractivity contribution in [1.29, 1.82) is 0 Å². The van der Waals surface area contributed by atoms with Crippen LogP contribution in [0.4, 0.5) is 0 Å². The van der Waals surface area contributed by atoms with E-state index < -0.39 is 0 Å². The van der Waals surface area contributed by atoms with Gasteiger partial charge in [-0.1, -0.05) is 38.1 Å². The maximum absolute atomic E-state index is 13.7. The summed E-state index contributed by atoms with van der Waals surface area (Å²) < 4.78 is 7.87. The third kappa shape index (κ3) is 3.61. The lowest BCUT2D eigenvalue weighted by atomic mass is 9.71. The van der Waals surface area contributed by atoms with Crippen LogP contribution in [-0.4, -0.2) is 56.9 Å². The molecule has 1 aromatic carbocycles. The van der Waals surface area contributed by atoms with Crippen LogP contribution in [-0.2, 0) is 11.3 Å². The maximum atomic E-state index is 13.7. The molecule has 7 nitrogen and oxygen atoms in total. The number of carbonyl (C=O) groups is 1. The number of amides is 1. The number of fused-ring (bicyclic) bond motifs is 1. The molecule has 7 heteroatoms. The van der Waals surface area contributed by atoms with Crippen molar-refractivity contribution < 1.29 is 9.53 Å². The van der Waals surface area contributed by atoms with E-state index in [0.717, 1.165) is 49.2 Å². The van der Waals surface area contributed by atoms with Crippen LogP contribution in [0.3, 0.4) is 0 Å². The van der Waals surface area contributed by atoms with Crippen LogP contribution in [0.1, 0.15) is 48.9 Å². The summed E-state index contributed by atoms with van der Waals surface area (Å²) in [7, 11) is 0. The molecule has 2 aliphatic heterocycles. The van der Waals surface area contributed by atoms with Crippen LogP contribution in [0.5, 0.6) is 0 Å². The number of pyridine rings is 1. The second kappa shape index (κ2) is 8.04. The van der Waals surface area contributed by atoms with E-state index in [2.05, 4.69) is 33.6 Å². The Kier molecular flexibility index (Phi) is 5.22. The van der Waals surface area contributed by atoms with Crippen molar-refractivity contribution in [1.82, 2.24) is 24.6 Å². The predicted molar refractivity (Wildman–Crippen MR) is 118 cm³/mol. The summed E-state index contributed by atoms with van der Waals surface area (Å²) in [5.74, 6) is 1.65. The van der Waals surface area contributed by atoms with Gasteiger partial charge in [0.1, 0.15) is 17.8 Å². The minimum Gasteiger partial charge on any atom is -0.381 e. The fraction of sp³-hybridized carbons (Fsp3) is 0.500. The Hall–Kier alpha value is -2.80. The zero-order chi connectivity index (χ0) is 21.4. The average Bonchev–Trinajstić information content (AvgIpc) is 3.37. The third-order valence-electron chi connectivity index (χ3n) is 6.82. The zero-order valence-electron chi connectivity index (χ0n) is 18.2. The van der Waals surface area contributed by atoms with Gasteiger partial charge in [-0.3, -0.25) is 9.78 Å². The van der Waals surface area contributed by atoms with Gasteiger partial charge in [-0.2, -0.15) is 0 Å². The van der Waals surface area contributed by atoms with E-state index in [-0.39, 0.29) is 17.2 Å². The molecule has 3 aromatic rings. The molecule has 1 atom stereocenters. The highest BCUT2D eigenvalue weighted by Crippen LogP contribution is 2.49. The molecule has 4 heterocycles. The van der Waals surface area contributed by atoms with Crippen LogP contribution >= 0.6 is 0 Å². The van der Waals surface area contributed by atoms with Crippen LogP contribution in [0, 0.1) is 11.3 Å². The standard InChI is InChI=1S/C24H29N5O2/c1-17(2)13-29-16-26-27-22(29)20-14-28(15-24(20)8-11-31-12-9-24)23(30)21-19-6-4-3-5-18(19)7-10-25-21/h3-7,10,16-17,20H,8-9,11-15H2,1-2H3. The zero-order valence-corrected chi connectivity index (χ0v) is 18.2. The molecule has 1 amide bonds. The van der Waals surface area contributed by atoms with Crippen molar-refractivity contribution >= 4 is 16.7 Å². The van der Waals surface area contributed by atoms with Gasteiger partial charge in [-0.25, -0.2) is 0 Å². The van der Waals surface area contributed by atoms with Crippen molar-refractivity contribution in [2.75, 3.05) is 26.3 Å². The molecule has 0 N–H and O–H groups in total. The summed E-state index contributed by atoms with van der Waals surface area (Å²) in [4.78, 5) is 20.1. The number of carbonyl (C=O) groups excluding carboxylic acids is 1. The van der Waals surface area contributed by atoms with Crippen LogP contribution in [0.25, 0.3) is 10.8 Å². The van der Waals surface area contributed by atoms with E-state index in [1.165, 1.54) is 0 Å². The topological polar surface area (TPSA) is 73.1 Å². The van der Waals surface area contributed by atoms with Crippen molar-refractivity contribution in [3.05, 3.63) is 54.4 Å². The van der Waals surface area contributed by atoms with Gasteiger partial charge in [0.2, 0.25) is 0 Å². The van der Waals surface area contributed by atoms with Gasteiger partial charge in [-0.05, 0) is 30.2 Å². The first kappa shape index (κ1) is 20.1. The van der Waals surface area contributed by atoms with Crippen molar-refractivity contribution in [3.63, 3.8) is 0 Å². The molecule has 2 aromatic heterocycles. The fourth-order valence-electron chi connectivity index (χ4n) is 5.27. The Labute approximate surface area is 182 Å². The van der Waals surface area contributed by atoms with Crippen LogP contribution < -0.4 is 0 Å². The lowest BCUT2D eigenvalue weighted by Crippen LogP contribution is -2.38. The Bertz CT molecular complexity index is 1080. The monoisotopic (exact) mass is 419 g/mol. The van der Waals surface area contributed by atoms with E-state index in [9.17, 15) is 4.79 Å². The second-order valence-corrected chi connectivity index (χ2v) is 9.33. The van der Waals surface area contributed by atoms with Crippen LogP contribution in [0.15, 0.2) is 42.9 Å². The molecule has 2 saturated heterocycles. The number of hydrogen-bond donors (Lipinski definition) is 0. The molecule has 0 bridgehead atoms. The summed E-state index contributed by atoms with van der Waals surface area (Å²) in [6, 6.07) is 9.90. The summed E-state index contributed by atoms with van der Waals surface area (Å²) >= 11 is 0. The van der Waals surface area contributed by atoms with Crippen molar-refractivity contribution in [2.45, 2.75) is 39.2 Å². The summed E-state index contributed by atoms with van der Waals surface area (Å²) in [5.41, 5.74) is 0.505. The minimum atomic E-state index is -0.0275. The van der Waals surface area contributed by atoms with E-state index in [4.69, 9.17) is 4.74 Å². The minimum absolute atomic E-state index is 0.0000849. The number of ether oxygens (including phenoxy) is 1. The molecule has 31 heavy (non-hydrogen) atoms. The maximum Gasteiger partial charge on any atom is 0.273 e. The SMILES string of the molecule is CC(C)Cn1cnnc1C1CN(C(=O)c2nccc3ccccc23)CC12CCOCC2. The van der Waals surface area contributed by atoms with Gasteiger partial charge >= 0.3 is 0 Å². The Balaban J connectivity index is 1.50. The Morgan fingerprint density at radius 2 is 2.03 bits per heavy atom. The Morgan fingerprint density at radius 1 is 1.23 bits per heavy atom. The largest absolute Gasteiger partial charge is 0.381 e. The van der Waals surface area contributed by atoms with Gasteiger partial charge in [0, 0.05) is 55.8 Å². The normalized spacial score (nSPS) is 20.7. The van der Waals surface area contributed by atoms with E-state index in [0.29, 0.717) is 24.7 Å². The third-order valence-corrected chi connectivity index (χ3v) is 6.82. The molecule has 2 fully saturated rings. The molecule has 1 spiro atoms. The molecular formula is C24H29N5O2. The molecule has 0 aliphatic carbocycles. The average molecular weight is 420 g/mol. The number of hydrogen-bond acceptors (Lipinski definition) is 5. The van der Waals surface area contributed by atoms with Gasteiger partial charge in [0.25, 0.3) is 5.91 Å². The first-order valence-corrected chi connectivity index (χ1v) is 11.2. The molecule has 0 radical (unpaired) electrons. The molecule has 2 aliphatic rings. The number of likely N-dealkylation sites (tertiary alicyclic amines) is 1. The first-order chi connectivity index (χ1) is 15.1. The van der Waals surface area contributed by atoms with Gasteiger partial charge in [-0.15, -0.1) is 10.2 Å². The van der Waals surface area contributed by atoms with Crippen molar-refractivity contribution in [2.24, 2.45) is 11.3 Å². The quantitative estimate of drug-likeness (QED) is 0.647.